The molecule has 0 aliphatic carbocycles. The highest BCUT2D eigenvalue weighted by Gasteiger charge is 2.43. The maximum absolute atomic E-state index is 14.0. The zero-order valence-corrected chi connectivity index (χ0v) is 25.2. The van der Waals surface area contributed by atoms with Crippen molar-refractivity contribution in [3.63, 3.8) is 0 Å². The van der Waals surface area contributed by atoms with Crippen LogP contribution in [0.25, 0.3) is 5.57 Å². The van der Waals surface area contributed by atoms with Gasteiger partial charge in [0.2, 0.25) is 10.0 Å². The first kappa shape index (κ1) is 29.9. The number of benzene rings is 2. The van der Waals surface area contributed by atoms with Crippen molar-refractivity contribution in [1.82, 2.24) is 4.31 Å². The van der Waals surface area contributed by atoms with Crippen LogP contribution in [0, 0.1) is 0 Å². The van der Waals surface area contributed by atoms with Gasteiger partial charge in [0.25, 0.3) is 10.0 Å². The second-order valence-corrected chi connectivity index (χ2v) is 15.9. The van der Waals surface area contributed by atoms with Gasteiger partial charge in [-0.2, -0.15) is 17.5 Å². The van der Waals surface area contributed by atoms with Gasteiger partial charge in [-0.25, -0.2) is 16.8 Å². The predicted octanol–water partition coefficient (Wildman–Crippen LogP) is 4.73. The summed E-state index contributed by atoms with van der Waals surface area (Å²) in [6.07, 6.45) is -1.04. The van der Waals surface area contributed by atoms with Gasteiger partial charge in [-0.1, -0.05) is 12.1 Å². The third kappa shape index (κ3) is 5.86. The Kier molecular flexibility index (Phi) is 7.08. The molecule has 0 aromatic heterocycles. The van der Waals surface area contributed by atoms with Crippen molar-refractivity contribution in [3.8, 4) is 0 Å². The summed E-state index contributed by atoms with van der Waals surface area (Å²) in [6.45, 7) is 8.37. The average molecular weight is 614 g/mol. The predicted molar refractivity (Wildman–Crippen MR) is 152 cm³/mol. The van der Waals surface area contributed by atoms with Crippen molar-refractivity contribution >= 4 is 37.0 Å². The van der Waals surface area contributed by atoms with E-state index in [1.54, 1.807) is 6.07 Å². The summed E-state index contributed by atoms with van der Waals surface area (Å²) in [5.41, 5.74) is 0.570. The molecule has 13 heteroatoms. The van der Waals surface area contributed by atoms with E-state index < -0.39 is 53.9 Å². The quantitative estimate of drug-likeness (QED) is 0.496. The number of hydrogen-bond donors (Lipinski definition) is 0. The standard InChI is InChI=1S/C28H34F3N3O5S2/c1-26(2)15-20(16-27(3,4)39-26)19-9-10-24-25(13-19)34(18-22-17-32(40(5,35)36)11-12-33(22)24)41(37,38)23-8-6-7-21(14-23)28(29,30)31/h6-10,13-15,22H,11-12,16-18H2,1-5H3/t22-/m0/s1. The van der Waals surface area contributed by atoms with Gasteiger partial charge >= 0.3 is 6.18 Å². The number of nitrogens with zero attached hydrogens (tertiary/aromatic N) is 3. The molecule has 8 nitrogen and oxygen atoms in total. The molecule has 3 aliphatic rings. The highest BCUT2D eigenvalue weighted by molar-refractivity contribution is 7.92. The molecule has 1 atom stereocenters. The van der Waals surface area contributed by atoms with Gasteiger partial charge < -0.3 is 9.64 Å². The van der Waals surface area contributed by atoms with Crippen LogP contribution in [-0.4, -0.2) is 70.8 Å². The Hall–Kier alpha value is -2.61. The first-order valence-electron chi connectivity index (χ1n) is 13.3. The van der Waals surface area contributed by atoms with Crippen LogP contribution in [-0.2, 0) is 31.0 Å². The van der Waals surface area contributed by atoms with E-state index in [2.05, 4.69) is 0 Å². The minimum absolute atomic E-state index is 0.0551. The minimum Gasteiger partial charge on any atom is -0.365 e. The van der Waals surface area contributed by atoms with Crippen LogP contribution in [0.3, 0.4) is 0 Å². The molecule has 0 N–H and O–H groups in total. The van der Waals surface area contributed by atoms with Gasteiger partial charge in [-0.05, 0) is 75.2 Å². The van der Waals surface area contributed by atoms with Gasteiger partial charge in [-0.3, -0.25) is 4.31 Å². The fraction of sp³-hybridized carbons (Fsp3) is 0.500. The number of fused-ring (bicyclic) bond motifs is 3. The van der Waals surface area contributed by atoms with Crippen LogP contribution in [0.4, 0.5) is 24.5 Å². The fourth-order valence-corrected chi connectivity index (χ4v) is 8.55. The number of rotatable bonds is 4. The summed E-state index contributed by atoms with van der Waals surface area (Å²) in [5, 5.41) is 0. The number of alkyl halides is 3. The second kappa shape index (κ2) is 9.72. The zero-order valence-electron chi connectivity index (χ0n) is 23.6. The zero-order chi connectivity index (χ0) is 30.2. The van der Waals surface area contributed by atoms with E-state index >= 15 is 0 Å². The number of anilines is 2. The summed E-state index contributed by atoms with van der Waals surface area (Å²) in [5.74, 6) is 0. The van der Waals surface area contributed by atoms with E-state index in [-0.39, 0.29) is 19.6 Å². The van der Waals surface area contributed by atoms with Crippen LogP contribution < -0.4 is 9.21 Å². The minimum atomic E-state index is -4.72. The molecule has 0 spiro atoms. The van der Waals surface area contributed by atoms with Crippen molar-refractivity contribution in [2.24, 2.45) is 0 Å². The Bertz CT molecular complexity index is 1620. The molecule has 3 heterocycles. The molecular formula is C28H34F3N3O5S2. The van der Waals surface area contributed by atoms with Gasteiger partial charge in [0, 0.05) is 26.1 Å². The molecule has 0 saturated carbocycles. The van der Waals surface area contributed by atoms with Gasteiger partial charge in [0.05, 0.1) is 51.9 Å². The Balaban J connectivity index is 1.65. The SMILES string of the molecule is CC1(C)C=C(c2ccc3c(c2)N(S(=O)(=O)c2cccc(C(F)(F)F)c2)C[C@@H]2CN(S(C)(=O)=O)CCN32)CC(C)(C)O1. The molecule has 3 aliphatic heterocycles. The van der Waals surface area contributed by atoms with E-state index in [1.807, 2.05) is 50.8 Å². The van der Waals surface area contributed by atoms with E-state index in [0.717, 1.165) is 39.9 Å². The molecule has 224 valence electrons. The molecular weight excluding hydrogens is 579 g/mol. The van der Waals surface area contributed by atoms with Crippen LogP contribution in [0.15, 0.2) is 53.4 Å². The summed E-state index contributed by atoms with van der Waals surface area (Å²) in [6, 6.07) is 8.65. The maximum atomic E-state index is 14.0. The average Bonchev–Trinajstić information content (AvgIpc) is 2.84. The Morgan fingerprint density at radius 1 is 0.927 bits per heavy atom. The summed E-state index contributed by atoms with van der Waals surface area (Å²) in [7, 11) is -7.99. The second-order valence-electron chi connectivity index (χ2n) is 12.0. The molecule has 0 radical (unpaired) electrons. The molecule has 0 bridgehead atoms. The Morgan fingerprint density at radius 2 is 1.63 bits per heavy atom. The summed E-state index contributed by atoms with van der Waals surface area (Å²) in [4.78, 5) is 1.51. The molecule has 5 rings (SSSR count). The number of halogens is 3. The van der Waals surface area contributed by atoms with Crippen LogP contribution in [0.5, 0.6) is 0 Å². The first-order chi connectivity index (χ1) is 18.8. The Morgan fingerprint density at radius 3 is 2.27 bits per heavy atom. The molecule has 1 saturated heterocycles. The third-order valence-corrected chi connectivity index (χ3v) is 10.7. The van der Waals surface area contributed by atoms with Gasteiger partial charge in [0.15, 0.2) is 0 Å². The number of hydrogen-bond acceptors (Lipinski definition) is 6. The molecule has 2 aromatic carbocycles. The van der Waals surface area contributed by atoms with Crippen molar-refractivity contribution < 1.29 is 34.7 Å². The monoisotopic (exact) mass is 613 g/mol. The van der Waals surface area contributed by atoms with Gasteiger partial charge in [0.1, 0.15) is 0 Å². The van der Waals surface area contributed by atoms with E-state index in [1.165, 1.54) is 4.31 Å². The van der Waals surface area contributed by atoms with E-state index in [4.69, 9.17) is 4.74 Å². The largest absolute Gasteiger partial charge is 0.416 e. The maximum Gasteiger partial charge on any atom is 0.416 e. The Labute approximate surface area is 239 Å². The van der Waals surface area contributed by atoms with E-state index in [9.17, 15) is 30.0 Å². The van der Waals surface area contributed by atoms with Crippen LogP contribution in [0.1, 0.15) is 45.2 Å². The number of piperazine rings is 1. The molecule has 0 amide bonds. The molecule has 1 fully saturated rings. The molecule has 0 unspecified atom stereocenters. The van der Waals surface area contributed by atoms with Crippen LogP contribution in [0.2, 0.25) is 0 Å². The lowest BCUT2D eigenvalue weighted by Crippen LogP contribution is -2.61. The summed E-state index contributed by atoms with van der Waals surface area (Å²) >= 11 is 0. The lowest BCUT2D eigenvalue weighted by atomic mass is 9.85. The van der Waals surface area contributed by atoms with Gasteiger partial charge in [-0.15, -0.1) is 0 Å². The van der Waals surface area contributed by atoms with Crippen molar-refractivity contribution in [2.45, 2.75) is 62.4 Å². The van der Waals surface area contributed by atoms with Crippen molar-refractivity contribution in [1.29, 1.82) is 0 Å². The summed E-state index contributed by atoms with van der Waals surface area (Å²) < 4.78 is 102. The molecule has 2 aromatic rings. The van der Waals surface area contributed by atoms with Crippen molar-refractivity contribution in [3.05, 3.63) is 59.7 Å². The lowest BCUT2D eigenvalue weighted by Gasteiger charge is -2.48. The number of sulfonamides is 2. The first-order valence-corrected chi connectivity index (χ1v) is 16.5. The van der Waals surface area contributed by atoms with E-state index in [0.29, 0.717) is 30.4 Å². The lowest BCUT2D eigenvalue weighted by molar-refractivity contribution is -0.137. The van der Waals surface area contributed by atoms with Crippen LogP contribution >= 0.6 is 0 Å². The fourth-order valence-electron chi connectivity index (χ4n) is 6.14. The topological polar surface area (TPSA) is 87.2 Å². The molecule has 41 heavy (non-hydrogen) atoms. The third-order valence-electron chi connectivity index (χ3n) is 7.64. The highest BCUT2D eigenvalue weighted by Crippen LogP contribution is 2.45. The smallest absolute Gasteiger partial charge is 0.365 e. The normalized spacial score (nSPS) is 23.0. The van der Waals surface area contributed by atoms with Crippen molar-refractivity contribution in [2.75, 3.05) is 41.6 Å². The number of ether oxygens (including phenoxy) is 1. The highest BCUT2D eigenvalue weighted by atomic mass is 32.2.